The molecule has 1 amide bonds. The second-order valence-electron chi connectivity index (χ2n) is 5.67. The van der Waals surface area contributed by atoms with Gasteiger partial charge in [-0.25, -0.2) is 13.2 Å². The van der Waals surface area contributed by atoms with Crippen LogP contribution in [0.1, 0.15) is 30.1 Å². The highest BCUT2D eigenvalue weighted by molar-refractivity contribution is 7.89. The van der Waals surface area contributed by atoms with Gasteiger partial charge in [-0.2, -0.15) is 4.31 Å². The number of ether oxygens (including phenoxy) is 1. The van der Waals surface area contributed by atoms with Gasteiger partial charge in [0.05, 0.1) is 23.7 Å². The highest BCUT2D eigenvalue weighted by Gasteiger charge is 2.31. The number of carboxylic acids is 1. The van der Waals surface area contributed by atoms with E-state index in [2.05, 4.69) is 5.32 Å². The molecular formula is C16H22N2O6S. The van der Waals surface area contributed by atoms with Crippen molar-refractivity contribution in [3.63, 3.8) is 0 Å². The number of hydrogen-bond donors (Lipinski definition) is 2. The Morgan fingerprint density at radius 3 is 2.52 bits per heavy atom. The lowest BCUT2D eigenvalue weighted by molar-refractivity contribution is -0.139. The first-order chi connectivity index (χ1) is 11.9. The van der Waals surface area contributed by atoms with Crippen molar-refractivity contribution in [1.82, 2.24) is 9.62 Å². The first-order valence-corrected chi connectivity index (χ1v) is 9.52. The van der Waals surface area contributed by atoms with E-state index in [1.807, 2.05) is 0 Å². The third-order valence-electron chi connectivity index (χ3n) is 3.90. The van der Waals surface area contributed by atoms with Crippen molar-refractivity contribution in [3.8, 4) is 0 Å². The number of hydrogen-bond acceptors (Lipinski definition) is 5. The first kappa shape index (κ1) is 19.4. The van der Waals surface area contributed by atoms with Gasteiger partial charge in [0.15, 0.2) is 0 Å². The van der Waals surface area contributed by atoms with E-state index < -0.39 is 27.9 Å². The van der Waals surface area contributed by atoms with Gasteiger partial charge in [0.2, 0.25) is 10.0 Å². The van der Waals surface area contributed by atoms with Crippen molar-refractivity contribution in [3.05, 3.63) is 29.8 Å². The van der Waals surface area contributed by atoms with E-state index in [1.54, 1.807) is 13.0 Å². The lowest BCUT2D eigenvalue weighted by atomic mass is 10.1. The summed E-state index contributed by atoms with van der Waals surface area (Å²) in [6, 6.07) is 4.76. The van der Waals surface area contributed by atoms with E-state index in [0.29, 0.717) is 19.6 Å². The Bertz CT molecular complexity index is 728. The summed E-state index contributed by atoms with van der Waals surface area (Å²) in [5, 5.41) is 11.6. The number of aliphatic carboxylic acids is 1. The van der Waals surface area contributed by atoms with Crippen molar-refractivity contribution in [2.75, 3.05) is 26.3 Å². The Labute approximate surface area is 146 Å². The summed E-state index contributed by atoms with van der Waals surface area (Å²) in [5.74, 6) is -1.86. The van der Waals surface area contributed by atoms with Gasteiger partial charge in [-0.1, -0.05) is 25.5 Å². The predicted octanol–water partition coefficient (Wildman–Crippen LogP) is 0.691. The number of carbonyl (C=O) groups excluding carboxylic acids is 1. The summed E-state index contributed by atoms with van der Waals surface area (Å²) in [5.41, 5.74) is -0.0589. The molecule has 1 aliphatic heterocycles. The van der Waals surface area contributed by atoms with Gasteiger partial charge in [-0.05, 0) is 18.6 Å². The molecule has 0 aliphatic carbocycles. The van der Waals surface area contributed by atoms with Gasteiger partial charge in [0.1, 0.15) is 6.04 Å². The maximum absolute atomic E-state index is 12.8. The number of amides is 1. The molecular weight excluding hydrogens is 348 g/mol. The van der Waals surface area contributed by atoms with Crippen LogP contribution in [0.4, 0.5) is 0 Å². The van der Waals surface area contributed by atoms with Crippen LogP contribution in [-0.2, 0) is 19.6 Å². The Balaban J connectivity index is 2.30. The molecule has 1 aromatic carbocycles. The maximum Gasteiger partial charge on any atom is 0.326 e. The molecule has 9 heteroatoms. The van der Waals surface area contributed by atoms with Crippen LogP contribution in [0, 0.1) is 0 Å². The first-order valence-electron chi connectivity index (χ1n) is 8.08. The van der Waals surface area contributed by atoms with Crippen molar-refractivity contribution < 1.29 is 27.9 Å². The molecule has 1 atom stereocenters. The number of sulfonamides is 1. The van der Waals surface area contributed by atoms with Crippen LogP contribution in [0.15, 0.2) is 29.2 Å². The summed E-state index contributed by atoms with van der Waals surface area (Å²) >= 11 is 0. The van der Waals surface area contributed by atoms with Crippen LogP contribution >= 0.6 is 0 Å². The molecule has 2 rings (SSSR count). The second kappa shape index (κ2) is 8.41. The standard InChI is InChI=1S/C16H22N2O6S/c1-2-5-13(16(20)21)17-15(19)12-6-3-4-7-14(12)25(22,23)18-8-10-24-11-9-18/h3-4,6-7,13H,2,5,8-11H2,1H3,(H,17,19)(H,20,21). The van der Waals surface area contributed by atoms with Gasteiger partial charge in [-0.15, -0.1) is 0 Å². The molecule has 1 aromatic rings. The monoisotopic (exact) mass is 370 g/mol. The van der Waals surface area contributed by atoms with Crippen molar-refractivity contribution in [2.45, 2.75) is 30.7 Å². The fourth-order valence-corrected chi connectivity index (χ4v) is 4.18. The average molecular weight is 370 g/mol. The maximum atomic E-state index is 12.8. The summed E-state index contributed by atoms with van der Waals surface area (Å²) < 4.78 is 32.1. The molecule has 0 bridgehead atoms. The summed E-state index contributed by atoms with van der Waals surface area (Å²) in [7, 11) is -3.86. The van der Waals surface area contributed by atoms with E-state index in [4.69, 9.17) is 4.74 Å². The summed E-state index contributed by atoms with van der Waals surface area (Å²) in [4.78, 5) is 23.6. The lowest BCUT2D eigenvalue weighted by Crippen LogP contribution is -2.43. The van der Waals surface area contributed by atoms with E-state index in [0.717, 1.165) is 0 Å². The fourth-order valence-electron chi connectivity index (χ4n) is 2.59. The minimum Gasteiger partial charge on any atom is -0.480 e. The van der Waals surface area contributed by atoms with Gasteiger partial charge < -0.3 is 15.2 Å². The van der Waals surface area contributed by atoms with Gasteiger partial charge >= 0.3 is 5.97 Å². The minimum atomic E-state index is -3.86. The third-order valence-corrected chi connectivity index (χ3v) is 5.86. The molecule has 2 N–H and O–H groups in total. The van der Waals surface area contributed by atoms with E-state index >= 15 is 0 Å². The molecule has 0 radical (unpaired) electrons. The van der Waals surface area contributed by atoms with Crippen LogP contribution in [-0.4, -0.2) is 62.1 Å². The number of nitrogens with one attached hydrogen (secondary N) is 1. The SMILES string of the molecule is CCCC(NC(=O)c1ccccc1S(=O)(=O)N1CCOCC1)C(=O)O. The van der Waals surface area contributed by atoms with Crippen LogP contribution in [0.3, 0.4) is 0 Å². The number of benzene rings is 1. The number of rotatable bonds is 7. The number of carbonyl (C=O) groups is 2. The van der Waals surface area contributed by atoms with Crippen LogP contribution in [0.2, 0.25) is 0 Å². The van der Waals surface area contributed by atoms with Crippen molar-refractivity contribution in [1.29, 1.82) is 0 Å². The molecule has 0 aromatic heterocycles. The number of carboxylic acid groups (broad SMARTS) is 1. The molecule has 0 saturated carbocycles. The summed E-state index contributed by atoms with van der Waals surface area (Å²) in [6.07, 6.45) is 0.838. The molecule has 138 valence electrons. The quantitative estimate of drug-likeness (QED) is 0.730. The van der Waals surface area contributed by atoms with Crippen molar-refractivity contribution >= 4 is 21.9 Å². The molecule has 1 fully saturated rings. The molecule has 1 aliphatic rings. The average Bonchev–Trinajstić information content (AvgIpc) is 2.62. The third kappa shape index (κ3) is 4.56. The molecule has 1 unspecified atom stereocenters. The molecule has 0 spiro atoms. The predicted molar refractivity (Wildman–Crippen MR) is 89.8 cm³/mol. The van der Waals surface area contributed by atoms with Crippen LogP contribution < -0.4 is 5.32 Å². The Morgan fingerprint density at radius 1 is 1.28 bits per heavy atom. The fraction of sp³-hybridized carbons (Fsp3) is 0.500. The molecule has 8 nitrogen and oxygen atoms in total. The number of nitrogens with zero attached hydrogens (tertiary/aromatic N) is 1. The van der Waals surface area contributed by atoms with E-state index in [-0.39, 0.29) is 30.0 Å². The molecule has 1 heterocycles. The highest BCUT2D eigenvalue weighted by atomic mass is 32.2. The van der Waals surface area contributed by atoms with Crippen LogP contribution in [0.25, 0.3) is 0 Å². The smallest absolute Gasteiger partial charge is 0.326 e. The Morgan fingerprint density at radius 2 is 1.92 bits per heavy atom. The van der Waals surface area contributed by atoms with Gasteiger partial charge in [-0.3, -0.25) is 4.79 Å². The number of morpholine rings is 1. The van der Waals surface area contributed by atoms with Crippen molar-refractivity contribution in [2.24, 2.45) is 0 Å². The largest absolute Gasteiger partial charge is 0.480 e. The van der Waals surface area contributed by atoms with E-state index in [9.17, 15) is 23.1 Å². The molecule has 25 heavy (non-hydrogen) atoms. The zero-order valence-corrected chi connectivity index (χ0v) is 14.8. The Kier molecular flexibility index (Phi) is 6.51. The lowest BCUT2D eigenvalue weighted by Gasteiger charge is -2.27. The summed E-state index contributed by atoms with van der Waals surface area (Å²) in [6.45, 7) is 2.83. The zero-order valence-electron chi connectivity index (χ0n) is 14.0. The highest BCUT2D eigenvalue weighted by Crippen LogP contribution is 2.21. The molecule has 1 saturated heterocycles. The van der Waals surface area contributed by atoms with Gasteiger partial charge in [0.25, 0.3) is 5.91 Å². The van der Waals surface area contributed by atoms with Crippen LogP contribution in [0.5, 0.6) is 0 Å². The normalized spacial score (nSPS) is 17.0. The second-order valence-corrected chi connectivity index (χ2v) is 7.57. The zero-order chi connectivity index (χ0) is 18.4. The minimum absolute atomic E-state index is 0.0589. The van der Waals surface area contributed by atoms with E-state index in [1.165, 1.54) is 22.5 Å². The Hall–Kier alpha value is -1.97. The van der Waals surface area contributed by atoms with Gasteiger partial charge in [0, 0.05) is 13.1 Å². The topological polar surface area (TPSA) is 113 Å².